The van der Waals surface area contributed by atoms with Gasteiger partial charge in [0.15, 0.2) is 5.82 Å². The van der Waals surface area contributed by atoms with Crippen LogP contribution in [0.25, 0.3) is 16.7 Å². The third-order valence-electron chi connectivity index (χ3n) is 3.13. The summed E-state index contributed by atoms with van der Waals surface area (Å²) in [4.78, 5) is 9.14. The average Bonchev–Trinajstić information content (AvgIpc) is 2.77. The summed E-state index contributed by atoms with van der Waals surface area (Å²) in [6.07, 6.45) is 0. The van der Waals surface area contributed by atoms with Crippen LogP contribution in [-0.4, -0.2) is 26.3 Å². The van der Waals surface area contributed by atoms with Gasteiger partial charge in [-0.1, -0.05) is 12.1 Å². The Labute approximate surface area is 117 Å². The number of aryl methyl sites for hydroxylation is 2. The molecule has 5 heteroatoms. The maximum Gasteiger partial charge on any atom is 0.225 e. The van der Waals surface area contributed by atoms with Crippen LogP contribution in [0.5, 0.6) is 0 Å². The van der Waals surface area contributed by atoms with E-state index in [1.807, 2.05) is 55.8 Å². The molecule has 1 N–H and O–H groups in total. The molecule has 2 heterocycles. The first kappa shape index (κ1) is 12.6. The Morgan fingerprint density at radius 3 is 2.65 bits per heavy atom. The van der Waals surface area contributed by atoms with Gasteiger partial charge in [-0.05, 0) is 39.0 Å². The summed E-state index contributed by atoms with van der Waals surface area (Å²) in [7, 11) is 0. The fourth-order valence-electron chi connectivity index (χ4n) is 2.30. The summed E-state index contributed by atoms with van der Waals surface area (Å²) in [6.45, 7) is 6.83. The van der Waals surface area contributed by atoms with E-state index in [4.69, 9.17) is 0 Å². The van der Waals surface area contributed by atoms with Crippen LogP contribution < -0.4 is 5.32 Å². The summed E-state index contributed by atoms with van der Waals surface area (Å²) in [5, 5.41) is 8.70. The standard InChI is InChI=1S/C15H17N5/c1-4-16-15-17-13-8-6-5-7-12(13)14(18-15)20-11(3)9-10(2)19-20/h5-9H,4H2,1-3H3,(H,16,17,18). The van der Waals surface area contributed by atoms with E-state index < -0.39 is 0 Å². The quantitative estimate of drug-likeness (QED) is 0.792. The topological polar surface area (TPSA) is 55.6 Å². The SMILES string of the molecule is CCNc1nc(-n2nc(C)cc2C)c2ccccc2n1. The van der Waals surface area contributed by atoms with Crippen molar-refractivity contribution in [2.75, 3.05) is 11.9 Å². The van der Waals surface area contributed by atoms with Crippen molar-refractivity contribution in [2.24, 2.45) is 0 Å². The fraction of sp³-hybridized carbons (Fsp3) is 0.267. The number of fused-ring (bicyclic) bond motifs is 1. The molecule has 0 saturated heterocycles. The van der Waals surface area contributed by atoms with Gasteiger partial charge in [-0.15, -0.1) is 0 Å². The second-order valence-electron chi connectivity index (χ2n) is 4.76. The van der Waals surface area contributed by atoms with Crippen LogP contribution in [0.3, 0.4) is 0 Å². The second-order valence-corrected chi connectivity index (χ2v) is 4.76. The maximum atomic E-state index is 4.61. The molecule has 3 rings (SSSR count). The molecule has 0 unspecified atom stereocenters. The van der Waals surface area contributed by atoms with Gasteiger partial charge >= 0.3 is 0 Å². The highest BCUT2D eigenvalue weighted by Gasteiger charge is 2.12. The molecular formula is C15H17N5. The average molecular weight is 267 g/mol. The number of nitrogens with one attached hydrogen (secondary N) is 1. The van der Waals surface area contributed by atoms with Crippen molar-refractivity contribution >= 4 is 16.9 Å². The molecule has 0 radical (unpaired) electrons. The summed E-state index contributed by atoms with van der Waals surface area (Å²) in [6, 6.07) is 10.0. The zero-order chi connectivity index (χ0) is 14.1. The van der Waals surface area contributed by atoms with Crippen molar-refractivity contribution < 1.29 is 0 Å². The lowest BCUT2D eigenvalue weighted by Gasteiger charge is -2.10. The Bertz CT molecular complexity index is 760. The van der Waals surface area contributed by atoms with E-state index in [1.54, 1.807) is 0 Å². The molecule has 1 aromatic carbocycles. The highest BCUT2D eigenvalue weighted by atomic mass is 15.3. The number of hydrogen-bond donors (Lipinski definition) is 1. The van der Waals surface area contributed by atoms with Crippen molar-refractivity contribution in [1.29, 1.82) is 0 Å². The lowest BCUT2D eigenvalue weighted by molar-refractivity contribution is 0.810. The van der Waals surface area contributed by atoms with Crippen molar-refractivity contribution in [3.63, 3.8) is 0 Å². The van der Waals surface area contributed by atoms with E-state index in [9.17, 15) is 0 Å². The van der Waals surface area contributed by atoms with Crippen LogP contribution in [0, 0.1) is 13.8 Å². The Balaban J connectivity index is 2.29. The van der Waals surface area contributed by atoms with Crippen LogP contribution in [0.15, 0.2) is 30.3 Å². The van der Waals surface area contributed by atoms with Gasteiger partial charge in [0.05, 0.1) is 11.2 Å². The van der Waals surface area contributed by atoms with Crippen LogP contribution in [0.1, 0.15) is 18.3 Å². The van der Waals surface area contributed by atoms with Crippen LogP contribution in [-0.2, 0) is 0 Å². The number of para-hydroxylation sites is 1. The third-order valence-corrected chi connectivity index (χ3v) is 3.13. The minimum atomic E-state index is 0.633. The highest BCUT2D eigenvalue weighted by molar-refractivity contribution is 5.86. The minimum absolute atomic E-state index is 0.633. The number of aromatic nitrogens is 4. The monoisotopic (exact) mass is 267 g/mol. The first-order chi connectivity index (χ1) is 9.69. The molecule has 5 nitrogen and oxygen atoms in total. The van der Waals surface area contributed by atoms with E-state index in [0.717, 1.165) is 34.7 Å². The fourth-order valence-corrected chi connectivity index (χ4v) is 2.30. The van der Waals surface area contributed by atoms with Gasteiger partial charge in [-0.2, -0.15) is 10.1 Å². The van der Waals surface area contributed by atoms with E-state index in [-0.39, 0.29) is 0 Å². The molecule has 0 amide bonds. The molecule has 0 aliphatic carbocycles. The van der Waals surface area contributed by atoms with Gasteiger partial charge in [-0.25, -0.2) is 9.67 Å². The van der Waals surface area contributed by atoms with Crippen molar-refractivity contribution in [3.05, 3.63) is 41.7 Å². The van der Waals surface area contributed by atoms with Crippen molar-refractivity contribution in [3.8, 4) is 5.82 Å². The van der Waals surface area contributed by atoms with Crippen molar-refractivity contribution in [1.82, 2.24) is 19.7 Å². The summed E-state index contributed by atoms with van der Waals surface area (Å²) in [5.74, 6) is 1.45. The van der Waals surface area contributed by atoms with E-state index in [2.05, 4.69) is 20.4 Å². The number of nitrogens with zero attached hydrogens (tertiary/aromatic N) is 4. The van der Waals surface area contributed by atoms with Gasteiger partial charge in [-0.3, -0.25) is 0 Å². The molecule has 0 aliphatic rings. The molecule has 0 saturated carbocycles. The highest BCUT2D eigenvalue weighted by Crippen LogP contribution is 2.22. The summed E-state index contributed by atoms with van der Waals surface area (Å²) in [5.41, 5.74) is 2.96. The first-order valence-electron chi connectivity index (χ1n) is 6.73. The van der Waals surface area contributed by atoms with Crippen molar-refractivity contribution in [2.45, 2.75) is 20.8 Å². The molecule has 0 fully saturated rings. The van der Waals surface area contributed by atoms with Crippen LogP contribution >= 0.6 is 0 Å². The van der Waals surface area contributed by atoms with Gasteiger partial charge < -0.3 is 5.32 Å². The predicted octanol–water partition coefficient (Wildman–Crippen LogP) is 2.86. The van der Waals surface area contributed by atoms with E-state index >= 15 is 0 Å². The largest absolute Gasteiger partial charge is 0.354 e. The molecule has 0 atom stereocenters. The number of hydrogen-bond acceptors (Lipinski definition) is 4. The number of rotatable bonds is 3. The number of anilines is 1. The zero-order valence-corrected chi connectivity index (χ0v) is 11.9. The lowest BCUT2D eigenvalue weighted by atomic mass is 10.2. The third kappa shape index (κ3) is 2.11. The van der Waals surface area contributed by atoms with E-state index in [1.165, 1.54) is 0 Å². The van der Waals surface area contributed by atoms with Crippen LogP contribution in [0.2, 0.25) is 0 Å². The normalized spacial score (nSPS) is 10.9. The number of benzene rings is 1. The Kier molecular flexibility index (Phi) is 3.10. The Morgan fingerprint density at radius 1 is 1.15 bits per heavy atom. The molecule has 2 aromatic heterocycles. The molecule has 0 aliphatic heterocycles. The molecule has 0 spiro atoms. The van der Waals surface area contributed by atoms with Crippen LogP contribution in [0.4, 0.5) is 5.95 Å². The van der Waals surface area contributed by atoms with Gasteiger partial charge in [0.25, 0.3) is 0 Å². The zero-order valence-electron chi connectivity index (χ0n) is 11.9. The first-order valence-corrected chi connectivity index (χ1v) is 6.73. The molecule has 20 heavy (non-hydrogen) atoms. The minimum Gasteiger partial charge on any atom is -0.354 e. The second kappa shape index (κ2) is 4.92. The molecule has 3 aromatic rings. The molecule has 102 valence electrons. The van der Waals surface area contributed by atoms with Gasteiger partial charge in [0.2, 0.25) is 5.95 Å². The molecular weight excluding hydrogens is 250 g/mol. The smallest absolute Gasteiger partial charge is 0.225 e. The lowest BCUT2D eigenvalue weighted by Crippen LogP contribution is -2.08. The van der Waals surface area contributed by atoms with E-state index in [0.29, 0.717) is 5.95 Å². The predicted molar refractivity (Wildman–Crippen MR) is 80.3 cm³/mol. The molecule has 0 bridgehead atoms. The Morgan fingerprint density at radius 2 is 1.95 bits per heavy atom. The van der Waals surface area contributed by atoms with Gasteiger partial charge in [0, 0.05) is 17.6 Å². The Hall–Kier alpha value is -2.43. The van der Waals surface area contributed by atoms with Gasteiger partial charge in [0.1, 0.15) is 0 Å². The maximum absolute atomic E-state index is 4.61. The summed E-state index contributed by atoms with van der Waals surface area (Å²) < 4.78 is 1.88. The summed E-state index contributed by atoms with van der Waals surface area (Å²) >= 11 is 0.